The van der Waals surface area contributed by atoms with Gasteiger partial charge in [0.2, 0.25) is 12.1 Å². The molecular weight excluding hydrogens is 1390 g/mol. The lowest BCUT2D eigenvalue weighted by Gasteiger charge is -2.54. The molecule has 26 heteroatoms. The fraction of sp³-hybridized carbons (Fsp3) is 0.707. The fourth-order valence-electron chi connectivity index (χ4n) is 17.2. The Hall–Kier alpha value is -7.04. The normalized spacial score (nSPS) is 34.9. The molecule has 0 radical (unpaired) electrons. The molecule has 4 fully saturated rings. The van der Waals surface area contributed by atoms with E-state index in [1.807, 2.05) is 82.0 Å². The number of aliphatic hydroxyl groups is 3. The van der Waals surface area contributed by atoms with E-state index in [1.54, 1.807) is 47.0 Å². The van der Waals surface area contributed by atoms with E-state index < -0.39 is 155 Å². The summed E-state index contributed by atoms with van der Waals surface area (Å²) < 4.78 is 59.2. The molecule has 108 heavy (non-hydrogen) atoms. The monoisotopic (exact) mass is 1520 g/mol. The summed E-state index contributed by atoms with van der Waals surface area (Å²) in [6, 6.07) is -1.23. The van der Waals surface area contributed by atoms with Gasteiger partial charge >= 0.3 is 29.8 Å². The Morgan fingerprint density at radius 2 is 1.48 bits per heavy atom. The molecule has 7 aliphatic rings. The minimum atomic E-state index is -2.13. The van der Waals surface area contributed by atoms with Gasteiger partial charge in [-0.15, -0.1) is 0 Å². The average molecular weight is 1520 g/mol. The zero-order chi connectivity index (χ0) is 79.6. The van der Waals surface area contributed by atoms with Crippen molar-refractivity contribution in [3.05, 3.63) is 81.9 Å². The molecular formula is C82H121N3O23. The van der Waals surface area contributed by atoms with Crippen LogP contribution < -0.4 is 0 Å². The third-order valence-electron chi connectivity index (χ3n) is 23.3. The van der Waals surface area contributed by atoms with Crippen LogP contribution in [-0.2, 0) is 95.3 Å². The van der Waals surface area contributed by atoms with E-state index in [4.69, 9.17) is 47.4 Å². The second-order valence-electron chi connectivity index (χ2n) is 31.7. The predicted molar refractivity (Wildman–Crippen MR) is 398 cm³/mol. The molecule has 19 atom stereocenters. The Bertz CT molecular complexity index is 3460. The van der Waals surface area contributed by atoms with Crippen LogP contribution in [0.25, 0.3) is 0 Å². The van der Waals surface area contributed by atoms with E-state index in [9.17, 15) is 63.3 Å². The van der Waals surface area contributed by atoms with Gasteiger partial charge in [0.1, 0.15) is 54.6 Å². The van der Waals surface area contributed by atoms with Crippen LogP contribution in [0.2, 0.25) is 0 Å². The molecule has 0 spiro atoms. The lowest BCUT2D eigenvalue weighted by atomic mass is 9.53. The Morgan fingerprint density at radius 1 is 0.778 bits per heavy atom. The summed E-state index contributed by atoms with van der Waals surface area (Å²) in [4.78, 5) is 145. The first kappa shape index (κ1) is 88.2. The number of piperidine rings is 1. The number of ketones is 4. The molecule has 0 aromatic heterocycles. The number of carbonyl (C=O) groups is 10. The fourth-order valence-corrected chi connectivity index (χ4v) is 17.2. The summed E-state index contributed by atoms with van der Waals surface area (Å²) in [5.41, 5.74) is -0.453. The molecule has 3 heterocycles. The van der Waals surface area contributed by atoms with Crippen molar-refractivity contribution < 1.29 is 111 Å². The molecule has 3 aliphatic heterocycles. The van der Waals surface area contributed by atoms with Crippen LogP contribution in [0.3, 0.4) is 0 Å². The number of amides is 1. The zero-order valence-corrected chi connectivity index (χ0v) is 66.5. The first-order chi connectivity index (χ1) is 51.1. The van der Waals surface area contributed by atoms with Crippen molar-refractivity contribution in [1.29, 1.82) is 0 Å². The topological polar surface area (TPSA) is 333 Å². The smallest absolute Gasteiger partial charge is 0.340 e. The van der Waals surface area contributed by atoms with Crippen molar-refractivity contribution in [3.8, 4) is 0 Å². The minimum absolute atomic E-state index is 0.00537. The highest BCUT2D eigenvalue weighted by atomic mass is 16.6. The van der Waals surface area contributed by atoms with E-state index in [2.05, 4.69) is 0 Å². The third kappa shape index (κ3) is 21.7. The van der Waals surface area contributed by atoms with Crippen LogP contribution >= 0.6 is 0 Å². The van der Waals surface area contributed by atoms with Gasteiger partial charge in [0.15, 0.2) is 11.5 Å². The van der Waals surface area contributed by atoms with Gasteiger partial charge in [-0.3, -0.25) is 38.4 Å². The van der Waals surface area contributed by atoms with E-state index in [1.165, 1.54) is 35.4 Å². The summed E-state index contributed by atoms with van der Waals surface area (Å²) in [5.74, 6) is -10.0. The number of hydrogen-bond donors (Lipinski definition) is 3. The SMILES string of the molecule is COC[C@H]1OC(=O)/C(=C/N(C)CCCN(C)C)C2=C(O)C(=O)C3=C([C@H](OC(C)=O)C[C@@]4(C)C3CC[C@@H]4OC(=O)CCCCC(=O)O[C@@H]3CC[C@@H](C[C@@H](C)[C@@H]4CC(=O)[C@H](C)/C=C(\C)[C@@H](O)[C@@H](OC)C(=O)[C@H](C)C[C@H](C)/C=C/C=C/C=C(\C)[C@@H](OC)CCO[C@@H](O)C(=O)C(=O)N5CCCC[C@H]5C(=O)O4)C[C@H]3OC)[C@]21C. The van der Waals surface area contributed by atoms with Gasteiger partial charge in [0.25, 0.3) is 11.7 Å². The van der Waals surface area contributed by atoms with Crippen molar-refractivity contribution >= 4 is 58.9 Å². The van der Waals surface area contributed by atoms with Crippen LogP contribution in [-0.4, -0.2) is 239 Å². The molecule has 3 N–H and O–H groups in total. The van der Waals surface area contributed by atoms with Crippen molar-refractivity contribution in [2.45, 2.75) is 245 Å². The van der Waals surface area contributed by atoms with Gasteiger partial charge in [0, 0.05) is 116 Å². The molecule has 0 bridgehead atoms. The number of allylic oxidation sites excluding steroid dienone is 7. The Kier molecular flexibility index (Phi) is 32.9. The number of esters is 5. The van der Waals surface area contributed by atoms with Crippen LogP contribution in [0.5, 0.6) is 0 Å². The quantitative estimate of drug-likeness (QED) is 0.0241. The number of hydrogen-bond acceptors (Lipinski definition) is 25. The highest BCUT2D eigenvalue weighted by Gasteiger charge is 2.65. The molecule has 2 saturated carbocycles. The molecule has 4 aliphatic carbocycles. The molecule has 7 rings (SSSR count). The van der Waals surface area contributed by atoms with Crippen LogP contribution in [0, 0.1) is 46.3 Å². The molecule has 1 unspecified atom stereocenters. The maximum Gasteiger partial charge on any atom is 0.340 e. The number of rotatable bonds is 21. The summed E-state index contributed by atoms with van der Waals surface area (Å²) in [6.07, 6.45) is 7.80. The molecule has 26 nitrogen and oxygen atoms in total. The lowest BCUT2D eigenvalue weighted by Crippen LogP contribution is -2.57. The van der Waals surface area contributed by atoms with Gasteiger partial charge in [-0.25, -0.2) is 9.59 Å². The number of methoxy groups -OCH3 is 4. The number of carbonyl (C=O) groups excluding carboxylic acids is 10. The van der Waals surface area contributed by atoms with Gasteiger partial charge in [0.05, 0.1) is 36.4 Å². The number of unbranched alkanes of at least 4 members (excludes halogenated alkanes) is 1. The Balaban J connectivity index is 0.995. The Morgan fingerprint density at radius 3 is 2.14 bits per heavy atom. The lowest BCUT2D eigenvalue weighted by molar-refractivity contribution is -0.174. The second-order valence-corrected chi connectivity index (χ2v) is 31.7. The summed E-state index contributed by atoms with van der Waals surface area (Å²) >= 11 is 0. The number of ether oxygens (including phenoxy) is 10. The van der Waals surface area contributed by atoms with E-state index >= 15 is 0 Å². The second kappa shape index (κ2) is 40.2. The maximum atomic E-state index is 14.9. The first-order valence-corrected chi connectivity index (χ1v) is 38.6. The number of nitrogens with zero attached hydrogens (tertiary/aromatic N) is 3. The number of cyclic esters (lactones) is 2. The molecule has 602 valence electrons. The average Bonchev–Trinajstić information content (AvgIpc) is 1.19. The van der Waals surface area contributed by atoms with Gasteiger partial charge < -0.3 is 77.4 Å². The first-order valence-electron chi connectivity index (χ1n) is 38.6. The van der Waals surface area contributed by atoms with Crippen molar-refractivity contribution in [2.75, 3.05) is 82.4 Å². The predicted octanol–water partition coefficient (Wildman–Crippen LogP) is 8.82. The molecule has 1 amide bonds. The summed E-state index contributed by atoms with van der Waals surface area (Å²) in [7, 11) is 11.6. The standard InChI is InChI=1S/C82H121N3O23/c1-47-25-18-17-19-26-48(2)59(100-14)34-38-103-80(98)75(94)77(95)85-37-23-22-27-57(85)79(97)106-61(43-58(87)49(3)40-52(6)72(91)76(102-16)71(90)51(5)39-47)50(4)41-54-30-32-60(62(42-54)101-15)105-66(88)28-20-21-29-67(89)107-64-33-31-56-68-70(63(104-53(7)86)44-81(56,64)8)82(9)65(46-99-13)108-78(96)55(69(82)74(93)73(68)92)45-84(12)36-24-35-83(10)11/h17-19,25-26,40,45,47,49-51,54,56-57,59-65,72,76,80,91,93,98H,20-24,27-39,41-44,46H2,1-16H3/b19-17+,25-18+,48-26+,52-40+,55-45+/t47-,49-,50-,51-,54+,56?,57+,59+,60-,61+,62-,63-,64+,65-,72-,76+,80-,81+,82+/m1/s1. The highest BCUT2D eigenvalue weighted by Crippen LogP contribution is 2.64. The highest BCUT2D eigenvalue weighted by molar-refractivity contribution is 6.37. The zero-order valence-electron chi connectivity index (χ0n) is 66.5. The number of fused-ring (bicyclic) bond motifs is 5. The maximum absolute atomic E-state index is 14.9. The van der Waals surface area contributed by atoms with Crippen molar-refractivity contribution in [2.24, 2.45) is 46.3 Å². The van der Waals surface area contributed by atoms with Gasteiger partial charge in [-0.2, -0.15) is 0 Å². The van der Waals surface area contributed by atoms with Crippen molar-refractivity contribution in [1.82, 2.24) is 14.7 Å². The Labute approximate surface area is 637 Å². The summed E-state index contributed by atoms with van der Waals surface area (Å²) in [5, 5.41) is 34.7. The van der Waals surface area contributed by atoms with E-state index in [-0.39, 0.29) is 111 Å². The van der Waals surface area contributed by atoms with E-state index in [0.29, 0.717) is 75.5 Å². The van der Waals surface area contributed by atoms with Crippen LogP contribution in [0.1, 0.15) is 178 Å². The van der Waals surface area contributed by atoms with Crippen LogP contribution in [0.15, 0.2) is 81.9 Å². The van der Waals surface area contributed by atoms with Crippen molar-refractivity contribution in [3.63, 3.8) is 0 Å². The minimum Gasteiger partial charge on any atom is -0.504 e. The van der Waals surface area contributed by atoms with Crippen LogP contribution in [0.4, 0.5) is 0 Å². The van der Waals surface area contributed by atoms with Gasteiger partial charge in [-0.1, -0.05) is 71.1 Å². The third-order valence-corrected chi connectivity index (χ3v) is 23.3. The molecule has 2 saturated heterocycles. The summed E-state index contributed by atoms with van der Waals surface area (Å²) in [6.45, 7) is 16.8. The largest absolute Gasteiger partial charge is 0.504 e. The molecule has 0 aromatic carbocycles. The molecule has 0 aromatic rings. The number of Topliss-reactive ketones (excluding diaryl/α,β-unsaturated/α-hetero) is 4. The van der Waals surface area contributed by atoms with Gasteiger partial charge in [-0.05, 0) is 172 Å². The number of aliphatic hydroxyl groups excluding tert-OH is 3. The van der Waals surface area contributed by atoms with E-state index in [0.717, 1.165) is 23.4 Å².